The van der Waals surface area contributed by atoms with Gasteiger partial charge >= 0.3 is 5.97 Å². The molecule has 1 fully saturated rings. The maximum atomic E-state index is 12.5. The van der Waals surface area contributed by atoms with Gasteiger partial charge in [0.15, 0.2) is 5.79 Å². The molecule has 1 aromatic heterocycles. The van der Waals surface area contributed by atoms with Crippen molar-refractivity contribution in [1.29, 1.82) is 0 Å². The Morgan fingerprint density at radius 2 is 1.90 bits per heavy atom. The normalized spacial score (nSPS) is 20.2. The van der Waals surface area contributed by atoms with E-state index in [1.165, 1.54) is 0 Å². The van der Waals surface area contributed by atoms with Gasteiger partial charge in [-0.25, -0.2) is 0 Å². The van der Waals surface area contributed by atoms with Crippen molar-refractivity contribution in [2.75, 3.05) is 6.61 Å². The van der Waals surface area contributed by atoms with Gasteiger partial charge in [-0.1, -0.05) is 42.0 Å². The number of aliphatic carboxylic acids is 1. The monoisotopic (exact) mass is 424 g/mol. The Labute approximate surface area is 180 Å². The quantitative estimate of drug-likeness (QED) is 0.459. The number of rotatable bonds is 5. The van der Waals surface area contributed by atoms with Gasteiger partial charge in [0, 0.05) is 10.9 Å². The summed E-state index contributed by atoms with van der Waals surface area (Å²) in [5, 5.41) is 11.0. The molecule has 156 valence electrons. The van der Waals surface area contributed by atoms with Crippen LogP contribution in [0.5, 0.6) is 0 Å². The molecule has 30 heavy (non-hydrogen) atoms. The Hall–Kier alpha value is -2.54. The molecule has 4 rings (SSSR count). The largest absolute Gasteiger partial charge is 0.481 e. The van der Waals surface area contributed by atoms with Gasteiger partial charge in [-0.05, 0) is 57.0 Å². The van der Waals surface area contributed by atoms with Crippen LogP contribution in [0, 0.1) is 6.92 Å². The molecule has 2 atom stereocenters. The van der Waals surface area contributed by atoms with E-state index in [2.05, 4.69) is 0 Å². The minimum absolute atomic E-state index is 0.191. The predicted octanol–water partition coefficient (Wildman–Crippen LogP) is 5.00. The number of benzene rings is 2. The van der Waals surface area contributed by atoms with Crippen molar-refractivity contribution >= 4 is 34.0 Å². The number of hydrogen-bond acceptors (Lipinski definition) is 5. The Morgan fingerprint density at radius 3 is 2.50 bits per heavy atom. The van der Waals surface area contributed by atoms with Gasteiger partial charge in [-0.2, -0.15) is 0 Å². The third-order valence-corrected chi connectivity index (χ3v) is 6.26. The highest BCUT2D eigenvalue weighted by atomic mass is 32.1. The first-order valence-electron chi connectivity index (χ1n) is 9.80. The molecule has 2 unspecified atom stereocenters. The van der Waals surface area contributed by atoms with E-state index in [0.29, 0.717) is 21.6 Å². The molecular weight excluding hydrogens is 400 g/mol. The highest BCUT2D eigenvalue weighted by Crippen LogP contribution is 2.39. The molecule has 0 bridgehead atoms. The fourth-order valence-corrected chi connectivity index (χ4v) is 4.12. The maximum absolute atomic E-state index is 12.5. The fourth-order valence-electron chi connectivity index (χ4n) is 3.83. The molecule has 0 radical (unpaired) electrons. The van der Waals surface area contributed by atoms with E-state index >= 15 is 0 Å². The Bertz CT molecular complexity index is 1130. The molecule has 2 aromatic carbocycles. The number of carboxylic acids is 1. The molecule has 1 N–H and O–H groups in total. The first-order valence-corrected chi connectivity index (χ1v) is 10.2. The van der Waals surface area contributed by atoms with Crippen molar-refractivity contribution in [3.05, 3.63) is 71.0 Å². The number of ether oxygens (including phenoxy) is 2. The molecule has 1 saturated heterocycles. The van der Waals surface area contributed by atoms with Gasteiger partial charge in [-0.15, -0.1) is 0 Å². The number of thiocarbonyl (C=S) groups is 1. The topological polar surface area (TPSA) is 68.9 Å². The van der Waals surface area contributed by atoms with E-state index in [0.717, 1.165) is 16.5 Å². The number of carbonyl (C=O) groups is 1. The van der Waals surface area contributed by atoms with Crippen molar-refractivity contribution in [3.63, 3.8) is 0 Å². The summed E-state index contributed by atoms with van der Waals surface area (Å²) in [4.78, 5) is 13.1. The molecule has 0 saturated carbocycles. The van der Waals surface area contributed by atoms with Gasteiger partial charge in [0.25, 0.3) is 0 Å². The molecule has 3 aromatic rings. The standard InChI is InChI=1S/C24H24O5S/c1-14-5-7-15(8-6-14)21(30)18-12-17(11-16-9-10-27-20(16)18)24(4,22(25)26)19-13-28-23(2,3)29-19/h5-12,19H,13H2,1-4H3,(H,25,26). The van der Waals surface area contributed by atoms with Crippen LogP contribution in [0.2, 0.25) is 0 Å². The summed E-state index contributed by atoms with van der Waals surface area (Å²) in [7, 11) is 0. The average molecular weight is 425 g/mol. The minimum Gasteiger partial charge on any atom is -0.481 e. The van der Waals surface area contributed by atoms with Crippen LogP contribution in [-0.4, -0.2) is 34.4 Å². The van der Waals surface area contributed by atoms with Crippen molar-refractivity contribution in [3.8, 4) is 0 Å². The molecule has 0 spiro atoms. The van der Waals surface area contributed by atoms with E-state index in [1.54, 1.807) is 27.0 Å². The van der Waals surface area contributed by atoms with E-state index in [9.17, 15) is 9.90 Å². The highest BCUT2D eigenvalue weighted by Gasteiger charge is 2.50. The second kappa shape index (κ2) is 7.30. The first-order chi connectivity index (χ1) is 14.1. The Kier molecular flexibility index (Phi) is 5.04. The molecule has 5 nitrogen and oxygen atoms in total. The van der Waals surface area contributed by atoms with Crippen LogP contribution in [0.15, 0.2) is 53.1 Å². The third-order valence-electron chi connectivity index (χ3n) is 5.81. The van der Waals surface area contributed by atoms with Crippen molar-refractivity contribution in [2.24, 2.45) is 0 Å². The lowest BCUT2D eigenvalue weighted by molar-refractivity contribution is -0.162. The van der Waals surface area contributed by atoms with Gasteiger partial charge in [0.05, 0.1) is 17.7 Å². The van der Waals surface area contributed by atoms with Crippen molar-refractivity contribution in [2.45, 2.75) is 45.0 Å². The van der Waals surface area contributed by atoms with Gasteiger partial charge < -0.3 is 19.0 Å². The van der Waals surface area contributed by atoms with Crippen LogP contribution in [-0.2, 0) is 19.7 Å². The summed E-state index contributed by atoms with van der Waals surface area (Å²) in [5.41, 5.74) is 2.62. The third kappa shape index (κ3) is 3.45. The molecule has 1 aliphatic rings. The van der Waals surface area contributed by atoms with Gasteiger partial charge in [0.2, 0.25) is 0 Å². The van der Waals surface area contributed by atoms with Gasteiger partial charge in [0.1, 0.15) is 17.1 Å². The summed E-state index contributed by atoms with van der Waals surface area (Å²) in [5.74, 6) is -1.81. The number of fused-ring (bicyclic) bond motifs is 1. The molecule has 2 heterocycles. The summed E-state index contributed by atoms with van der Waals surface area (Å²) >= 11 is 5.78. The summed E-state index contributed by atoms with van der Waals surface area (Å²) in [6, 6.07) is 13.4. The lowest BCUT2D eigenvalue weighted by atomic mass is 9.76. The summed E-state index contributed by atoms with van der Waals surface area (Å²) in [6.45, 7) is 7.45. The number of furan rings is 1. The van der Waals surface area contributed by atoms with E-state index in [4.69, 9.17) is 26.1 Å². The zero-order valence-electron chi connectivity index (χ0n) is 17.4. The van der Waals surface area contributed by atoms with Crippen LogP contribution in [0.4, 0.5) is 0 Å². The number of aryl methyl sites for hydroxylation is 1. The zero-order valence-corrected chi connectivity index (χ0v) is 18.2. The fraction of sp³-hybridized carbons (Fsp3) is 0.333. The van der Waals surface area contributed by atoms with E-state index < -0.39 is 23.3 Å². The number of carboxylic acid groups (broad SMARTS) is 1. The van der Waals surface area contributed by atoms with Crippen molar-refractivity contribution in [1.82, 2.24) is 0 Å². The molecule has 1 aliphatic heterocycles. The maximum Gasteiger partial charge on any atom is 0.316 e. The second-order valence-electron chi connectivity index (χ2n) is 8.38. The summed E-state index contributed by atoms with van der Waals surface area (Å²) in [6.07, 6.45) is 0.946. The molecule has 6 heteroatoms. The lowest BCUT2D eigenvalue weighted by Gasteiger charge is -2.31. The molecular formula is C24H24O5S. The summed E-state index contributed by atoms with van der Waals surface area (Å²) < 4.78 is 17.3. The second-order valence-corrected chi connectivity index (χ2v) is 8.79. The lowest BCUT2D eigenvalue weighted by Crippen LogP contribution is -2.46. The Morgan fingerprint density at radius 1 is 1.20 bits per heavy atom. The minimum atomic E-state index is -1.32. The van der Waals surface area contributed by atoms with Crippen LogP contribution in [0.3, 0.4) is 0 Å². The van der Waals surface area contributed by atoms with E-state index in [-0.39, 0.29) is 6.61 Å². The smallest absolute Gasteiger partial charge is 0.316 e. The SMILES string of the molecule is Cc1ccc(C(=S)c2cc(C(C)(C(=O)O)C3COC(C)(C)O3)cc3ccoc23)cc1. The first kappa shape index (κ1) is 20.7. The van der Waals surface area contributed by atoms with E-state index in [1.807, 2.05) is 49.4 Å². The van der Waals surface area contributed by atoms with Crippen LogP contribution < -0.4 is 0 Å². The van der Waals surface area contributed by atoms with Crippen LogP contribution in [0.25, 0.3) is 11.0 Å². The molecule has 0 aliphatic carbocycles. The number of hydrogen-bond donors (Lipinski definition) is 1. The molecule has 0 amide bonds. The average Bonchev–Trinajstić information content (AvgIpc) is 3.32. The van der Waals surface area contributed by atoms with Gasteiger partial charge in [-0.3, -0.25) is 4.79 Å². The predicted molar refractivity (Wildman–Crippen MR) is 118 cm³/mol. The Balaban J connectivity index is 1.86. The zero-order chi connectivity index (χ0) is 21.7. The van der Waals surface area contributed by atoms with Crippen molar-refractivity contribution < 1.29 is 23.8 Å². The van der Waals surface area contributed by atoms with Crippen LogP contribution in [0.1, 0.15) is 43.0 Å². The van der Waals surface area contributed by atoms with Crippen LogP contribution >= 0.6 is 12.2 Å². The highest BCUT2D eigenvalue weighted by molar-refractivity contribution is 7.81.